The smallest absolute Gasteiger partial charge is 0.257 e. The average Bonchev–Trinajstić information content (AvgIpc) is 3.16. The zero-order valence-corrected chi connectivity index (χ0v) is 17.7. The van der Waals surface area contributed by atoms with Gasteiger partial charge in [-0.2, -0.15) is 0 Å². The molecule has 7 heteroatoms. The SMILES string of the molecule is COc1cccc(NC(=O)C2CCCc3sc(NC(=O)c4ccc(C)cc4)nc32)c1. The maximum absolute atomic E-state index is 12.9. The van der Waals surface area contributed by atoms with E-state index < -0.39 is 0 Å². The lowest BCUT2D eigenvalue weighted by atomic mass is 9.90. The predicted molar refractivity (Wildman–Crippen MR) is 119 cm³/mol. The van der Waals surface area contributed by atoms with Crippen LogP contribution in [0.4, 0.5) is 10.8 Å². The van der Waals surface area contributed by atoms with Crippen molar-refractivity contribution in [2.24, 2.45) is 0 Å². The number of amides is 2. The van der Waals surface area contributed by atoms with Crippen molar-refractivity contribution in [1.82, 2.24) is 4.98 Å². The summed E-state index contributed by atoms with van der Waals surface area (Å²) >= 11 is 1.45. The van der Waals surface area contributed by atoms with Gasteiger partial charge in [0.2, 0.25) is 5.91 Å². The van der Waals surface area contributed by atoms with Crippen molar-refractivity contribution in [3.63, 3.8) is 0 Å². The number of hydrogen-bond acceptors (Lipinski definition) is 5. The fourth-order valence-electron chi connectivity index (χ4n) is 3.53. The monoisotopic (exact) mass is 421 g/mol. The molecule has 30 heavy (non-hydrogen) atoms. The number of rotatable bonds is 5. The number of nitrogens with zero attached hydrogens (tertiary/aromatic N) is 1. The Bertz CT molecular complexity index is 1080. The van der Waals surface area contributed by atoms with Gasteiger partial charge < -0.3 is 10.1 Å². The van der Waals surface area contributed by atoms with Crippen LogP contribution in [0, 0.1) is 6.92 Å². The van der Waals surface area contributed by atoms with Crippen LogP contribution >= 0.6 is 11.3 Å². The first-order valence-electron chi connectivity index (χ1n) is 9.86. The minimum atomic E-state index is -0.332. The molecule has 0 saturated heterocycles. The molecule has 0 saturated carbocycles. The van der Waals surface area contributed by atoms with E-state index in [1.807, 2.05) is 37.3 Å². The van der Waals surface area contributed by atoms with Crippen molar-refractivity contribution in [3.05, 3.63) is 70.2 Å². The topological polar surface area (TPSA) is 80.3 Å². The van der Waals surface area contributed by atoms with Crippen molar-refractivity contribution in [3.8, 4) is 5.75 Å². The van der Waals surface area contributed by atoms with Gasteiger partial charge in [-0.1, -0.05) is 23.8 Å². The number of hydrogen-bond donors (Lipinski definition) is 2. The molecule has 3 aromatic rings. The highest BCUT2D eigenvalue weighted by Crippen LogP contribution is 2.37. The van der Waals surface area contributed by atoms with E-state index in [2.05, 4.69) is 15.6 Å². The van der Waals surface area contributed by atoms with Crippen LogP contribution in [0.25, 0.3) is 0 Å². The summed E-state index contributed by atoms with van der Waals surface area (Å²) in [7, 11) is 1.59. The Morgan fingerprint density at radius 2 is 1.93 bits per heavy atom. The summed E-state index contributed by atoms with van der Waals surface area (Å²) in [5.41, 5.74) is 3.14. The Morgan fingerprint density at radius 3 is 2.70 bits per heavy atom. The standard InChI is InChI=1S/C23H23N3O3S/c1-14-9-11-15(12-10-14)21(27)26-23-25-20-18(7-4-8-19(20)30-23)22(28)24-16-5-3-6-17(13-16)29-2/h3,5-6,9-13,18H,4,7-8H2,1-2H3,(H,24,28)(H,25,26,27). The molecular formula is C23H23N3O3S. The molecule has 1 atom stereocenters. The van der Waals surface area contributed by atoms with Crippen molar-refractivity contribution in [2.75, 3.05) is 17.7 Å². The molecule has 0 bridgehead atoms. The number of fused-ring (bicyclic) bond motifs is 1. The van der Waals surface area contributed by atoms with E-state index in [1.54, 1.807) is 25.3 Å². The van der Waals surface area contributed by atoms with E-state index in [0.717, 1.165) is 35.4 Å². The third-order valence-electron chi connectivity index (χ3n) is 5.14. The number of ether oxygens (including phenoxy) is 1. The van der Waals surface area contributed by atoms with Gasteiger partial charge in [-0.15, -0.1) is 11.3 Å². The molecule has 0 fully saturated rings. The van der Waals surface area contributed by atoms with E-state index in [4.69, 9.17) is 4.74 Å². The molecule has 1 aliphatic carbocycles. The highest BCUT2D eigenvalue weighted by atomic mass is 32.1. The lowest BCUT2D eigenvalue weighted by molar-refractivity contribution is -0.117. The summed E-state index contributed by atoms with van der Waals surface area (Å²) < 4.78 is 5.22. The molecule has 0 spiro atoms. The number of anilines is 2. The molecule has 1 heterocycles. The van der Waals surface area contributed by atoms with E-state index in [9.17, 15) is 9.59 Å². The van der Waals surface area contributed by atoms with Gasteiger partial charge in [0, 0.05) is 22.2 Å². The molecule has 2 N–H and O–H groups in total. The van der Waals surface area contributed by atoms with Crippen molar-refractivity contribution < 1.29 is 14.3 Å². The second kappa shape index (κ2) is 8.67. The average molecular weight is 422 g/mol. The molecule has 1 unspecified atom stereocenters. The quantitative estimate of drug-likeness (QED) is 0.622. The number of aryl methyl sites for hydroxylation is 2. The van der Waals surface area contributed by atoms with Gasteiger partial charge >= 0.3 is 0 Å². The Hall–Kier alpha value is -3.19. The van der Waals surface area contributed by atoms with Gasteiger partial charge in [-0.05, 0) is 50.5 Å². The Balaban J connectivity index is 1.50. The Morgan fingerprint density at radius 1 is 1.13 bits per heavy atom. The molecule has 4 rings (SSSR count). The first-order chi connectivity index (χ1) is 14.5. The van der Waals surface area contributed by atoms with Gasteiger partial charge in [0.1, 0.15) is 5.75 Å². The minimum Gasteiger partial charge on any atom is -0.497 e. The normalized spacial score (nSPS) is 15.2. The molecule has 2 amide bonds. The van der Waals surface area contributed by atoms with Gasteiger partial charge in [-0.3, -0.25) is 14.9 Å². The van der Waals surface area contributed by atoms with Gasteiger partial charge in [0.25, 0.3) is 5.91 Å². The molecular weight excluding hydrogens is 398 g/mol. The van der Waals surface area contributed by atoms with E-state index >= 15 is 0 Å². The zero-order valence-electron chi connectivity index (χ0n) is 16.9. The van der Waals surface area contributed by atoms with Crippen LogP contribution in [0.3, 0.4) is 0 Å². The second-order valence-corrected chi connectivity index (χ2v) is 8.40. The summed E-state index contributed by atoms with van der Waals surface area (Å²) in [5, 5.41) is 6.38. The summed E-state index contributed by atoms with van der Waals surface area (Å²) in [6.45, 7) is 1.98. The summed E-state index contributed by atoms with van der Waals surface area (Å²) in [4.78, 5) is 31.1. The predicted octanol–water partition coefficient (Wildman–Crippen LogP) is 4.77. The molecule has 1 aliphatic rings. The molecule has 0 radical (unpaired) electrons. The number of benzene rings is 2. The van der Waals surface area contributed by atoms with Crippen LogP contribution in [0.1, 0.15) is 45.3 Å². The third kappa shape index (κ3) is 4.36. The first-order valence-corrected chi connectivity index (χ1v) is 10.7. The van der Waals surface area contributed by atoms with Gasteiger partial charge in [0.05, 0.1) is 18.7 Å². The third-order valence-corrected chi connectivity index (χ3v) is 6.19. The minimum absolute atomic E-state index is 0.0917. The maximum Gasteiger partial charge on any atom is 0.257 e. The second-order valence-electron chi connectivity index (χ2n) is 7.31. The van der Waals surface area contributed by atoms with Crippen molar-refractivity contribution >= 4 is 34.0 Å². The fourth-order valence-corrected chi connectivity index (χ4v) is 4.59. The molecule has 0 aliphatic heterocycles. The first kappa shape index (κ1) is 20.1. The lowest BCUT2D eigenvalue weighted by Crippen LogP contribution is -2.24. The van der Waals surface area contributed by atoms with E-state index in [1.165, 1.54) is 11.3 Å². The van der Waals surface area contributed by atoms with Crippen LogP contribution < -0.4 is 15.4 Å². The zero-order chi connectivity index (χ0) is 21.1. The Labute approximate surface area is 179 Å². The number of methoxy groups -OCH3 is 1. The molecule has 2 aromatic carbocycles. The van der Waals surface area contributed by atoms with Crippen molar-refractivity contribution in [2.45, 2.75) is 32.1 Å². The Kier molecular flexibility index (Phi) is 5.81. The lowest BCUT2D eigenvalue weighted by Gasteiger charge is -2.20. The van der Waals surface area contributed by atoms with Crippen LogP contribution in [0.5, 0.6) is 5.75 Å². The number of aromatic nitrogens is 1. The maximum atomic E-state index is 12.9. The van der Waals surface area contributed by atoms with Gasteiger partial charge in [-0.25, -0.2) is 4.98 Å². The molecule has 6 nitrogen and oxygen atoms in total. The molecule has 154 valence electrons. The van der Waals surface area contributed by atoms with Gasteiger partial charge in [0.15, 0.2) is 5.13 Å². The van der Waals surface area contributed by atoms with E-state index in [0.29, 0.717) is 22.1 Å². The molecule has 1 aromatic heterocycles. The van der Waals surface area contributed by atoms with Crippen molar-refractivity contribution in [1.29, 1.82) is 0 Å². The summed E-state index contributed by atoms with van der Waals surface area (Å²) in [5.74, 6) is 0.0671. The fraction of sp³-hybridized carbons (Fsp3) is 0.261. The number of carbonyl (C=O) groups excluding carboxylic acids is 2. The number of thiazole rings is 1. The number of nitrogens with one attached hydrogen (secondary N) is 2. The van der Waals surface area contributed by atoms with Crippen LogP contribution in [-0.4, -0.2) is 23.9 Å². The van der Waals surface area contributed by atoms with Crippen LogP contribution in [-0.2, 0) is 11.2 Å². The largest absolute Gasteiger partial charge is 0.497 e. The van der Waals surface area contributed by atoms with Crippen LogP contribution in [0.2, 0.25) is 0 Å². The summed E-state index contributed by atoms with van der Waals surface area (Å²) in [6, 6.07) is 14.7. The van der Waals surface area contributed by atoms with E-state index in [-0.39, 0.29) is 17.7 Å². The van der Waals surface area contributed by atoms with Crippen LogP contribution in [0.15, 0.2) is 48.5 Å². The summed E-state index contributed by atoms with van der Waals surface area (Å²) in [6.07, 6.45) is 2.52. The highest BCUT2D eigenvalue weighted by Gasteiger charge is 2.30. The highest BCUT2D eigenvalue weighted by molar-refractivity contribution is 7.16. The number of carbonyl (C=O) groups is 2.